The predicted octanol–water partition coefficient (Wildman–Crippen LogP) is 11.3. The molecule has 0 aliphatic rings. The van der Waals surface area contributed by atoms with E-state index in [1.807, 2.05) is 21.1 Å². The van der Waals surface area contributed by atoms with Crippen LogP contribution in [0.5, 0.6) is 0 Å². The molecule has 0 radical (unpaired) electrons. The molecule has 2 atom stereocenters. The van der Waals surface area contributed by atoms with Crippen molar-refractivity contribution in [1.29, 1.82) is 0 Å². The van der Waals surface area contributed by atoms with E-state index < -0.39 is 19.9 Å². The molecule has 0 saturated carbocycles. The zero-order valence-electron chi connectivity index (χ0n) is 33.7. The summed E-state index contributed by atoms with van der Waals surface area (Å²) in [4.78, 5) is 22.8. The number of hydrogen-bond donors (Lipinski definition) is 1. The highest BCUT2D eigenvalue weighted by Gasteiger charge is 2.26. The molecule has 0 fully saturated rings. The lowest BCUT2D eigenvalue weighted by Crippen LogP contribution is -2.37. The van der Waals surface area contributed by atoms with Gasteiger partial charge in [-0.3, -0.25) is 13.8 Å². The van der Waals surface area contributed by atoms with Gasteiger partial charge >= 0.3 is 13.8 Å². The summed E-state index contributed by atoms with van der Waals surface area (Å²) in [6.07, 6.45) is 50.0. The zero-order chi connectivity index (χ0) is 39.1. The molecule has 2 unspecified atom stereocenters. The highest BCUT2D eigenvalue weighted by Crippen LogP contribution is 2.43. The molecule has 0 aromatic rings. The number of nitrogens with zero attached hydrogens (tertiary/aromatic N) is 1. The number of likely N-dealkylation sites (N-methyl/N-ethyl adjacent to an activating group) is 1. The van der Waals surface area contributed by atoms with Crippen molar-refractivity contribution in [3.63, 3.8) is 0 Å². The summed E-state index contributed by atoms with van der Waals surface area (Å²) in [6.45, 7) is 5.10. The van der Waals surface area contributed by atoms with Crippen LogP contribution in [0.2, 0.25) is 0 Å². The van der Waals surface area contributed by atoms with E-state index in [1.165, 1.54) is 0 Å². The summed E-state index contributed by atoms with van der Waals surface area (Å²) >= 11 is 0. The number of rotatable bonds is 34. The van der Waals surface area contributed by atoms with Crippen molar-refractivity contribution < 1.29 is 37.3 Å². The first-order chi connectivity index (χ1) is 25.6. The molecular formula is C44H73NO7P+. The van der Waals surface area contributed by atoms with Gasteiger partial charge < -0.3 is 18.9 Å². The van der Waals surface area contributed by atoms with Gasteiger partial charge in [-0.2, -0.15) is 0 Å². The summed E-state index contributed by atoms with van der Waals surface area (Å²) in [7, 11) is 1.57. The van der Waals surface area contributed by atoms with Crippen molar-refractivity contribution in [3.8, 4) is 0 Å². The topological polar surface area (TPSA) is 91.3 Å². The van der Waals surface area contributed by atoms with Gasteiger partial charge in [0, 0.05) is 13.0 Å². The number of hydrogen-bond acceptors (Lipinski definition) is 6. The minimum Gasteiger partial charge on any atom is -0.457 e. The van der Waals surface area contributed by atoms with Crippen molar-refractivity contribution in [2.75, 3.05) is 54.1 Å². The fourth-order valence-corrected chi connectivity index (χ4v) is 5.10. The third kappa shape index (κ3) is 40.2. The van der Waals surface area contributed by atoms with Crippen molar-refractivity contribution in [2.24, 2.45) is 0 Å². The maximum absolute atomic E-state index is 12.6. The van der Waals surface area contributed by atoms with Gasteiger partial charge in [0.2, 0.25) is 0 Å². The second kappa shape index (κ2) is 36.2. The molecule has 0 aromatic heterocycles. The van der Waals surface area contributed by atoms with Gasteiger partial charge in [-0.15, -0.1) is 0 Å². The van der Waals surface area contributed by atoms with E-state index in [-0.39, 0.29) is 26.2 Å². The minimum absolute atomic E-state index is 0.0608. The summed E-state index contributed by atoms with van der Waals surface area (Å²) in [5, 5.41) is 0. The molecule has 0 aliphatic carbocycles. The summed E-state index contributed by atoms with van der Waals surface area (Å²) in [5.41, 5.74) is 0. The minimum atomic E-state index is -4.31. The fourth-order valence-electron chi connectivity index (χ4n) is 4.35. The zero-order valence-corrected chi connectivity index (χ0v) is 34.6. The van der Waals surface area contributed by atoms with Gasteiger partial charge in [0.15, 0.2) is 0 Å². The molecule has 0 saturated heterocycles. The van der Waals surface area contributed by atoms with E-state index in [9.17, 15) is 14.3 Å². The van der Waals surface area contributed by atoms with E-state index in [0.29, 0.717) is 24.1 Å². The van der Waals surface area contributed by atoms with Crippen LogP contribution in [0.15, 0.2) is 109 Å². The van der Waals surface area contributed by atoms with Crippen LogP contribution >= 0.6 is 7.82 Å². The molecule has 300 valence electrons. The SMILES string of the molecule is CC/C=C\C/C=C\C/C=C\C/C=C\C/C=C\CCCC(=O)OC(COCCC/C=C\C/C=C\C/C=C\C/C=C\CC)COP(=O)(O)OCC[N+](C)(C)C. The van der Waals surface area contributed by atoms with Crippen LogP contribution in [0.1, 0.15) is 104 Å². The average Bonchev–Trinajstić information content (AvgIpc) is 3.11. The summed E-state index contributed by atoms with van der Waals surface area (Å²) in [6, 6.07) is 0. The highest BCUT2D eigenvalue weighted by molar-refractivity contribution is 7.47. The summed E-state index contributed by atoms with van der Waals surface area (Å²) < 4.78 is 34.7. The molecule has 8 nitrogen and oxygen atoms in total. The first kappa shape index (κ1) is 50.2. The van der Waals surface area contributed by atoms with Gasteiger partial charge in [-0.05, 0) is 83.5 Å². The Kier molecular flexibility index (Phi) is 34.2. The lowest BCUT2D eigenvalue weighted by atomic mass is 10.2. The molecular weight excluding hydrogens is 685 g/mol. The highest BCUT2D eigenvalue weighted by atomic mass is 31.2. The molecule has 1 N–H and O–H groups in total. The number of esters is 1. The molecule has 0 spiro atoms. The van der Waals surface area contributed by atoms with Crippen LogP contribution in [0.3, 0.4) is 0 Å². The monoisotopic (exact) mass is 759 g/mol. The second-order valence-corrected chi connectivity index (χ2v) is 15.0. The van der Waals surface area contributed by atoms with Crippen LogP contribution in [0.4, 0.5) is 0 Å². The van der Waals surface area contributed by atoms with E-state index >= 15 is 0 Å². The number of quaternary nitrogens is 1. The quantitative estimate of drug-likeness (QED) is 0.0230. The Balaban J connectivity index is 4.53. The van der Waals surface area contributed by atoms with Crippen LogP contribution in [-0.2, 0) is 27.9 Å². The van der Waals surface area contributed by atoms with Crippen LogP contribution in [0.25, 0.3) is 0 Å². The number of ether oxygens (including phenoxy) is 2. The van der Waals surface area contributed by atoms with Crippen LogP contribution in [0, 0.1) is 0 Å². The largest absolute Gasteiger partial charge is 0.472 e. The maximum atomic E-state index is 12.6. The lowest BCUT2D eigenvalue weighted by molar-refractivity contribution is -0.870. The van der Waals surface area contributed by atoms with E-state index in [1.54, 1.807) is 0 Å². The Morgan fingerprint density at radius 2 is 1.00 bits per heavy atom. The van der Waals surface area contributed by atoms with E-state index in [0.717, 1.165) is 77.0 Å². The molecule has 53 heavy (non-hydrogen) atoms. The smallest absolute Gasteiger partial charge is 0.457 e. The summed E-state index contributed by atoms with van der Waals surface area (Å²) in [5.74, 6) is -0.395. The first-order valence-electron chi connectivity index (χ1n) is 19.6. The van der Waals surface area contributed by atoms with Crippen molar-refractivity contribution in [3.05, 3.63) is 109 Å². The molecule has 0 bridgehead atoms. The first-order valence-corrected chi connectivity index (χ1v) is 21.1. The van der Waals surface area contributed by atoms with Gasteiger partial charge in [-0.25, -0.2) is 4.57 Å². The van der Waals surface area contributed by atoms with Crippen LogP contribution in [-0.4, -0.2) is 75.6 Å². The van der Waals surface area contributed by atoms with E-state index in [4.69, 9.17) is 18.5 Å². The average molecular weight is 759 g/mol. The number of carbonyl (C=O) groups is 1. The third-order valence-corrected chi connectivity index (χ3v) is 8.31. The number of carbonyl (C=O) groups excluding carboxylic acids is 1. The number of phosphoric ester groups is 1. The molecule has 0 heterocycles. The molecule has 0 amide bonds. The van der Waals surface area contributed by atoms with Gasteiger partial charge in [-0.1, -0.05) is 123 Å². The number of allylic oxidation sites excluding steroid dienone is 18. The molecule has 9 heteroatoms. The Bertz CT molecular complexity index is 1200. The number of unbranched alkanes of at least 4 members (excludes halogenated alkanes) is 2. The molecule has 0 aromatic carbocycles. The standard InChI is InChI=1S/C44H72NO7P/c1-6-8-10-12-14-16-18-20-22-23-24-25-27-29-31-33-35-37-44(46)52-43(42-51-53(47,48)50-40-38-45(3,4)5)41-49-39-36-34-32-30-28-26-21-19-17-15-13-11-9-7-2/h8-11,14-17,20-22,24-26,29-32,43H,6-7,12-13,18-19,23,27-28,33-42H2,1-5H3/p+1/b10-8-,11-9-,16-14-,17-15-,22-20-,25-24-,26-21-,31-29-,32-30-. The van der Waals surface area contributed by atoms with Crippen molar-refractivity contribution in [2.45, 2.75) is 110 Å². The van der Waals surface area contributed by atoms with Gasteiger partial charge in [0.1, 0.15) is 19.3 Å². The number of phosphoric acid groups is 1. The second-order valence-electron chi connectivity index (χ2n) is 13.5. The Morgan fingerprint density at radius 1 is 0.585 bits per heavy atom. The fraction of sp³-hybridized carbons (Fsp3) is 0.568. The Hall–Kier alpha value is -2.84. The lowest BCUT2D eigenvalue weighted by Gasteiger charge is -2.24. The van der Waals surface area contributed by atoms with Crippen molar-refractivity contribution >= 4 is 13.8 Å². The Labute approximate surface area is 323 Å². The maximum Gasteiger partial charge on any atom is 0.472 e. The predicted molar refractivity (Wildman–Crippen MR) is 224 cm³/mol. The van der Waals surface area contributed by atoms with Crippen molar-refractivity contribution in [1.82, 2.24) is 0 Å². The normalized spacial score (nSPS) is 15.1. The molecule has 0 rings (SSSR count). The third-order valence-electron chi connectivity index (χ3n) is 7.33. The van der Waals surface area contributed by atoms with E-state index in [2.05, 4.69) is 123 Å². The molecule has 0 aliphatic heterocycles. The van der Waals surface area contributed by atoms with Gasteiger partial charge in [0.25, 0.3) is 0 Å². The Morgan fingerprint density at radius 3 is 1.43 bits per heavy atom. The van der Waals surface area contributed by atoms with Crippen LogP contribution < -0.4 is 0 Å². The van der Waals surface area contributed by atoms with Gasteiger partial charge in [0.05, 0.1) is 34.4 Å².